The van der Waals surface area contributed by atoms with E-state index in [0.717, 1.165) is 21.9 Å². The van der Waals surface area contributed by atoms with E-state index in [1.54, 1.807) is 6.92 Å². The van der Waals surface area contributed by atoms with Crippen molar-refractivity contribution < 1.29 is 19.1 Å². The van der Waals surface area contributed by atoms with Crippen LogP contribution < -0.4 is 20.3 Å². The number of ether oxygens (including phenoxy) is 2. The molecule has 0 fully saturated rings. The van der Waals surface area contributed by atoms with Crippen molar-refractivity contribution in [1.82, 2.24) is 10.9 Å². The van der Waals surface area contributed by atoms with Crippen molar-refractivity contribution in [3.8, 4) is 11.5 Å². The Kier molecular flexibility index (Phi) is 6.34. The fourth-order valence-electron chi connectivity index (χ4n) is 2.87. The van der Waals surface area contributed by atoms with Crippen LogP contribution in [-0.4, -0.2) is 24.5 Å². The minimum atomic E-state index is -0.781. The number of hydrogen-bond acceptors (Lipinski definition) is 4. The van der Waals surface area contributed by atoms with E-state index in [1.165, 1.54) is 0 Å². The summed E-state index contributed by atoms with van der Waals surface area (Å²) in [5.74, 6) is 0.287. The first-order valence-electron chi connectivity index (χ1n) is 9.36. The molecule has 0 aliphatic carbocycles. The SMILES string of the molecule is Cc1ccc(OCC(=O)NNC(=O)[C@@H](C)Oc2ccc3ccccc3c2)c(C)c1. The molecule has 3 aromatic carbocycles. The number of rotatable bonds is 6. The molecule has 0 aliphatic rings. The zero-order valence-electron chi connectivity index (χ0n) is 16.7. The molecule has 3 rings (SSSR count). The van der Waals surface area contributed by atoms with E-state index >= 15 is 0 Å². The molecule has 0 aliphatic heterocycles. The van der Waals surface area contributed by atoms with Crippen LogP contribution >= 0.6 is 0 Å². The zero-order chi connectivity index (χ0) is 20.8. The molecule has 0 unspecified atom stereocenters. The fraction of sp³-hybridized carbons (Fsp3) is 0.217. The predicted octanol–water partition coefficient (Wildman–Crippen LogP) is 3.45. The highest BCUT2D eigenvalue weighted by atomic mass is 16.5. The smallest absolute Gasteiger partial charge is 0.279 e. The van der Waals surface area contributed by atoms with Crippen molar-refractivity contribution in [3.63, 3.8) is 0 Å². The van der Waals surface area contributed by atoms with Gasteiger partial charge in [-0.2, -0.15) is 0 Å². The van der Waals surface area contributed by atoms with Gasteiger partial charge in [-0.1, -0.05) is 48.0 Å². The zero-order valence-corrected chi connectivity index (χ0v) is 16.7. The Morgan fingerprint density at radius 3 is 2.45 bits per heavy atom. The van der Waals surface area contributed by atoms with E-state index in [9.17, 15) is 9.59 Å². The second-order valence-electron chi connectivity index (χ2n) is 6.86. The highest BCUT2D eigenvalue weighted by Crippen LogP contribution is 2.21. The summed E-state index contributed by atoms with van der Waals surface area (Å²) in [6, 6.07) is 19.2. The maximum absolute atomic E-state index is 12.2. The third-order valence-electron chi connectivity index (χ3n) is 4.42. The number of hydrazine groups is 1. The van der Waals surface area contributed by atoms with Crippen molar-refractivity contribution in [2.75, 3.05) is 6.61 Å². The number of fused-ring (bicyclic) bond motifs is 1. The normalized spacial score (nSPS) is 11.6. The summed E-state index contributed by atoms with van der Waals surface area (Å²) >= 11 is 0. The average molecular weight is 392 g/mol. The van der Waals surface area contributed by atoms with Gasteiger partial charge in [-0.05, 0) is 55.3 Å². The minimum Gasteiger partial charge on any atom is -0.483 e. The third-order valence-corrected chi connectivity index (χ3v) is 4.42. The molecule has 0 bridgehead atoms. The first kappa shape index (κ1) is 20.2. The molecule has 0 saturated carbocycles. The van der Waals surface area contributed by atoms with Gasteiger partial charge in [0.15, 0.2) is 12.7 Å². The van der Waals surface area contributed by atoms with Crippen molar-refractivity contribution in [2.45, 2.75) is 26.9 Å². The van der Waals surface area contributed by atoms with Crippen LogP contribution in [0.5, 0.6) is 11.5 Å². The Hall–Kier alpha value is -3.54. The van der Waals surface area contributed by atoms with Crippen LogP contribution in [0.2, 0.25) is 0 Å². The van der Waals surface area contributed by atoms with Crippen LogP contribution in [0.4, 0.5) is 0 Å². The highest BCUT2D eigenvalue weighted by Gasteiger charge is 2.16. The van der Waals surface area contributed by atoms with Crippen LogP contribution in [0.3, 0.4) is 0 Å². The molecule has 150 valence electrons. The summed E-state index contributed by atoms with van der Waals surface area (Å²) in [7, 11) is 0. The summed E-state index contributed by atoms with van der Waals surface area (Å²) < 4.78 is 11.2. The minimum absolute atomic E-state index is 0.204. The summed E-state index contributed by atoms with van der Waals surface area (Å²) in [5, 5.41) is 2.11. The van der Waals surface area contributed by atoms with Crippen molar-refractivity contribution in [2.24, 2.45) is 0 Å². The van der Waals surface area contributed by atoms with E-state index in [2.05, 4.69) is 10.9 Å². The van der Waals surface area contributed by atoms with Crippen LogP contribution in [-0.2, 0) is 9.59 Å². The molecular formula is C23H24N2O4. The molecule has 2 amide bonds. The van der Waals surface area contributed by atoms with Crippen molar-refractivity contribution in [3.05, 3.63) is 71.8 Å². The largest absolute Gasteiger partial charge is 0.483 e. The van der Waals surface area contributed by atoms with E-state index in [4.69, 9.17) is 9.47 Å². The number of carbonyl (C=O) groups excluding carboxylic acids is 2. The Morgan fingerprint density at radius 2 is 1.69 bits per heavy atom. The molecule has 0 radical (unpaired) electrons. The first-order valence-corrected chi connectivity index (χ1v) is 9.36. The Labute approximate surface area is 169 Å². The van der Waals surface area contributed by atoms with Crippen LogP contribution in [0.15, 0.2) is 60.7 Å². The quantitative estimate of drug-likeness (QED) is 0.630. The Bertz CT molecular complexity index is 1030. The summed E-state index contributed by atoms with van der Waals surface area (Å²) in [6.07, 6.45) is -0.781. The van der Waals surface area contributed by atoms with E-state index in [0.29, 0.717) is 11.5 Å². The number of carbonyl (C=O) groups is 2. The van der Waals surface area contributed by atoms with Gasteiger partial charge in [0.2, 0.25) is 0 Å². The highest BCUT2D eigenvalue weighted by molar-refractivity contribution is 5.86. The van der Waals surface area contributed by atoms with Gasteiger partial charge in [-0.15, -0.1) is 0 Å². The standard InChI is InChI=1S/C23H24N2O4/c1-15-8-11-21(16(2)12-15)28-14-22(26)24-25-23(27)17(3)29-20-10-9-18-6-4-5-7-19(18)13-20/h4-13,17H,14H2,1-3H3,(H,24,26)(H,25,27)/t17-/m1/s1. The number of nitrogens with one attached hydrogen (secondary N) is 2. The number of benzene rings is 3. The van der Waals surface area contributed by atoms with Gasteiger partial charge in [0.05, 0.1) is 0 Å². The van der Waals surface area contributed by atoms with Gasteiger partial charge in [0.25, 0.3) is 11.8 Å². The topological polar surface area (TPSA) is 76.7 Å². The lowest BCUT2D eigenvalue weighted by atomic mass is 10.1. The molecule has 0 aromatic heterocycles. The molecule has 1 atom stereocenters. The maximum atomic E-state index is 12.2. The lowest BCUT2D eigenvalue weighted by Gasteiger charge is -2.16. The number of hydrogen-bond donors (Lipinski definition) is 2. The number of amides is 2. The molecule has 0 spiro atoms. The molecule has 0 saturated heterocycles. The first-order chi connectivity index (χ1) is 13.9. The summed E-state index contributed by atoms with van der Waals surface area (Å²) in [4.78, 5) is 24.1. The fourth-order valence-corrected chi connectivity index (χ4v) is 2.87. The lowest BCUT2D eigenvalue weighted by molar-refractivity contribution is -0.133. The number of aryl methyl sites for hydroxylation is 2. The maximum Gasteiger partial charge on any atom is 0.279 e. The Morgan fingerprint density at radius 1 is 0.931 bits per heavy atom. The van der Waals surface area contributed by atoms with Gasteiger partial charge in [0, 0.05) is 0 Å². The van der Waals surface area contributed by atoms with Gasteiger partial charge >= 0.3 is 0 Å². The van der Waals surface area contributed by atoms with Crippen LogP contribution in [0.1, 0.15) is 18.1 Å². The molecular weight excluding hydrogens is 368 g/mol. The second kappa shape index (κ2) is 9.10. The van der Waals surface area contributed by atoms with Crippen LogP contribution in [0, 0.1) is 13.8 Å². The molecule has 2 N–H and O–H groups in total. The monoisotopic (exact) mass is 392 g/mol. The van der Waals surface area contributed by atoms with Crippen LogP contribution in [0.25, 0.3) is 10.8 Å². The molecule has 6 heteroatoms. The Balaban J connectivity index is 1.46. The third kappa shape index (κ3) is 5.48. The summed E-state index contributed by atoms with van der Waals surface area (Å²) in [6.45, 7) is 5.31. The molecule has 3 aromatic rings. The predicted molar refractivity (Wildman–Crippen MR) is 112 cm³/mol. The molecule has 6 nitrogen and oxygen atoms in total. The second-order valence-corrected chi connectivity index (χ2v) is 6.86. The lowest BCUT2D eigenvalue weighted by Crippen LogP contribution is -2.48. The average Bonchev–Trinajstić information content (AvgIpc) is 2.71. The molecule has 29 heavy (non-hydrogen) atoms. The van der Waals surface area contributed by atoms with E-state index < -0.39 is 17.9 Å². The molecule has 0 heterocycles. The van der Waals surface area contributed by atoms with Crippen molar-refractivity contribution in [1.29, 1.82) is 0 Å². The van der Waals surface area contributed by atoms with Gasteiger partial charge < -0.3 is 9.47 Å². The van der Waals surface area contributed by atoms with Gasteiger partial charge in [-0.3, -0.25) is 20.4 Å². The van der Waals surface area contributed by atoms with Gasteiger partial charge in [0.1, 0.15) is 11.5 Å². The van der Waals surface area contributed by atoms with E-state index in [1.807, 2.05) is 74.5 Å². The summed E-state index contributed by atoms with van der Waals surface area (Å²) in [5.41, 5.74) is 6.75. The van der Waals surface area contributed by atoms with Crippen molar-refractivity contribution >= 4 is 22.6 Å². The van der Waals surface area contributed by atoms with E-state index in [-0.39, 0.29) is 6.61 Å². The van der Waals surface area contributed by atoms with Gasteiger partial charge in [-0.25, -0.2) is 0 Å².